The van der Waals surface area contributed by atoms with Crippen molar-refractivity contribution in [2.24, 2.45) is 0 Å². The molecule has 1 atom stereocenters. The Kier molecular flexibility index (Phi) is 6.20. The van der Waals surface area contributed by atoms with E-state index in [4.69, 9.17) is 27.9 Å². The summed E-state index contributed by atoms with van der Waals surface area (Å²) in [6, 6.07) is 10.5. The lowest BCUT2D eigenvalue weighted by atomic mass is 10.0. The zero-order chi connectivity index (χ0) is 21.3. The van der Waals surface area contributed by atoms with Crippen LogP contribution < -0.4 is 4.74 Å². The molecule has 158 valence electrons. The number of carbonyl (C=O) groups is 1. The van der Waals surface area contributed by atoms with E-state index in [0.717, 1.165) is 35.1 Å². The van der Waals surface area contributed by atoms with Crippen molar-refractivity contribution in [3.63, 3.8) is 0 Å². The summed E-state index contributed by atoms with van der Waals surface area (Å²) in [7, 11) is 1.61. The molecule has 2 N–H and O–H groups in total. The van der Waals surface area contributed by atoms with Crippen LogP contribution in [0.1, 0.15) is 17.2 Å². The van der Waals surface area contributed by atoms with Gasteiger partial charge in [-0.1, -0.05) is 29.3 Å². The van der Waals surface area contributed by atoms with Gasteiger partial charge in [-0.15, -0.1) is 0 Å². The Balaban J connectivity index is 1.50. The number of ether oxygens (including phenoxy) is 1. The molecule has 1 aromatic heterocycles. The third kappa shape index (κ3) is 4.27. The van der Waals surface area contributed by atoms with Gasteiger partial charge < -0.3 is 14.8 Å². The fourth-order valence-corrected chi connectivity index (χ4v) is 4.50. The van der Waals surface area contributed by atoms with E-state index in [-0.39, 0.29) is 0 Å². The van der Waals surface area contributed by atoms with Crippen molar-refractivity contribution < 1.29 is 14.6 Å². The summed E-state index contributed by atoms with van der Waals surface area (Å²) in [4.78, 5) is 19.7. The number of halogens is 2. The fourth-order valence-electron chi connectivity index (χ4n) is 4.03. The molecule has 0 saturated carbocycles. The van der Waals surface area contributed by atoms with Gasteiger partial charge in [0.15, 0.2) is 0 Å². The van der Waals surface area contributed by atoms with Crippen molar-refractivity contribution in [3.05, 3.63) is 63.8 Å². The number of aromatic nitrogens is 1. The van der Waals surface area contributed by atoms with Crippen LogP contribution in [0.2, 0.25) is 10.0 Å². The fraction of sp³-hybridized carbons (Fsp3) is 0.318. The van der Waals surface area contributed by atoms with E-state index in [1.165, 1.54) is 0 Å². The number of carboxylic acids is 1. The molecule has 1 saturated heterocycles. The van der Waals surface area contributed by atoms with E-state index in [9.17, 15) is 9.90 Å². The second-order valence-corrected chi connectivity index (χ2v) is 8.29. The number of H-pyrrole nitrogens is 1. The zero-order valence-corrected chi connectivity index (χ0v) is 18.1. The van der Waals surface area contributed by atoms with Gasteiger partial charge >= 0.3 is 5.97 Å². The van der Waals surface area contributed by atoms with Crippen molar-refractivity contribution in [1.29, 1.82) is 0 Å². The van der Waals surface area contributed by atoms with Crippen molar-refractivity contribution in [3.8, 4) is 5.75 Å². The molecule has 4 rings (SSSR count). The first-order valence-electron chi connectivity index (χ1n) is 9.74. The summed E-state index contributed by atoms with van der Waals surface area (Å²) in [6.07, 6.45) is 1.79. The summed E-state index contributed by atoms with van der Waals surface area (Å²) in [6.45, 7) is 3.53. The molecule has 0 radical (unpaired) electrons. The number of methoxy groups -OCH3 is 1. The number of nitrogens with one attached hydrogen (secondary N) is 1. The lowest BCUT2D eigenvalue weighted by molar-refractivity contribution is -0.144. The van der Waals surface area contributed by atoms with E-state index in [1.54, 1.807) is 19.4 Å². The number of piperazine rings is 1. The number of nitrogens with zero attached hydrogens (tertiary/aromatic N) is 2. The molecule has 8 heteroatoms. The molecule has 0 amide bonds. The van der Waals surface area contributed by atoms with Gasteiger partial charge in [-0.3, -0.25) is 14.6 Å². The lowest BCUT2D eigenvalue weighted by Gasteiger charge is -2.37. The van der Waals surface area contributed by atoms with Crippen molar-refractivity contribution in [2.75, 3.05) is 33.3 Å². The van der Waals surface area contributed by atoms with Gasteiger partial charge in [-0.05, 0) is 35.9 Å². The number of carboxylic acid groups (broad SMARTS) is 1. The van der Waals surface area contributed by atoms with Crippen LogP contribution in [-0.2, 0) is 11.3 Å². The lowest BCUT2D eigenvalue weighted by Crippen LogP contribution is -2.48. The molecule has 0 aliphatic carbocycles. The predicted molar refractivity (Wildman–Crippen MR) is 119 cm³/mol. The largest absolute Gasteiger partial charge is 0.497 e. The number of hydrogen-bond donors (Lipinski definition) is 2. The molecule has 1 aliphatic rings. The average Bonchev–Trinajstić information content (AvgIpc) is 3.14. The minimum atomic E-state index is -0.854. The van der Waals surface area contributed by atoms with Gasteiger partial charge in [0.2, 0.25) is 0 Å². The molecule has 0 spiro atoms. The molecule has 2 aromatic carbocycles. The van der Waals surface area contributed by atoms with Gasteiger partial charge in [-0.2, -0.15) is 0 Å². The molecule has 0 bridgehead atoms. The monoisotopic (exact) mass is 447 g/mol. The number of aromatic amines is 1. The Bertz CT molecular complexity index is 1060. The highest BCUT2D eigenvalue weighted by molar-refractivity contribution is 6.35. The zero-order valence-electron chi connectivity index (χ0n) is 16.6. The Morgan fingerprint density at radius 2 is 1.93 bits per heavy atom. The Morgan fingerprint density at radius 3 is 2.60 bits per heavy atom. The van der Waals surface area contributed by atoms with Crippen molar-refractivity contribution >= 4 is 40.1 Å². The van der Waals surface area contributed by atoms with E-state index in [2.05, 4.69) is 9.88 Å². The van der Waals surface area contributed by atoms with Gasteiger partial charge in [0, 0.05) is 65.4 Å². The number of fused-ring (bicyclic) bond motifs is 1. The quantitative estimate of drug-likeness (QED) is 0.584. The van der Waals surface area contributed by atoms with E-state index in [1.807, 2.05) is 35.2 Å². The van der Waals surface area contributed by atoms with E-state index < -0.39 is 12.0 Å². The normalized spacial score (nSPS) is 16.6. The number of hydrogen-bond acceptors (Lipinski definition) is 4. The molecule has 30 heavy (non-hydrogen) atoms. The van der Waals surface area contributed by atoms with Crippen LogP contribution in [0.25, 0.3) is 10.9 Å². The number of rotatable bonds is 6. The maximum Gasteiger partial charge on any atom is 0.325 e. The summed E-state index contributed by atoms with van der Waals surface area (Å²) < 4.78 is 5.32. The molecular weight excluding hydrogens is 425 g/mol. The molecule has 1 aliphatic heterocycles. The Morgan fingerprint density at radius 1 is 1.17 bits per heavy atom. The number of aliphatic carboxylic acids is 1. The van der Waals surface area contributed by atoms with Crippen LogP contribution in [0.3, 0.4) is 0 Å². The first kappa shape index (κ1) is 21.0. The average molecular weight is 448 g/mol. The van der Waals surface area contributed by atoms with E-state index >= 15 is 0 Å². The SMILES string of the molecule is COc1ccc2[nH]cc([C@@H](C(=O)O)N3CCN(Cc4ccc(Cl)cc4Cl)CC3)c2c1. The van der Waals surface area contributed by atoms with Crippen LogP contribution in [0.15, 0.2) is 42.6 Å². The standard InChI is InChI=1S/C22H23Cl2N3O3/c1-30-16-4-5-20-17(11-16)18(12-25-20)21(22(28)29)27-8-6-26(7-9-27)13-14-2-3-15(23)10-19(14)24/h2-5,10-12,21,25H,6-9,13H2,1H3,(H,28,29)/t21-/m0/s1. The molecule has 2 heterocycles. The van der Waals surface area contributed by atoms with Crippen LogP contribution in [-0.4, -0.2) is 59.1 Å². The minimum Gasteiger partial charge on any atom is -0.497 e. The van der Waals surface area contributed by atoms with Crippen molar-refractivity contribution in [1.82, 2.24) is 14.8 Å². The smallest absolute Gasteiger partial charge is 0.325 e. The molecule has 3 aromatic rings. The topological polar surface area (TPSA) is 68.8 Å². The van der Waals surface area contributed by atoms with Gasteiger partial charge in [0.25, 0.3) is 0 Å². The maximum atomic E-state index is 12.2. The van der Waals surface area contributed by atoms with Crippen LogP contribution >= 0.6 is 23.2 Å². The molecule has 1 fully saturated rings. The Hall–Kier alpha value is -2.25. The summed E-state index contributed by atoms with van der Waals surface area (Å²) in [5.41, 5.74) is 2.67. The first-order valence-corrected chi connectivity index (χ1v) is 10.5. The van der Waals surface area contributed by atoms with Gasteiger partial charge in [0.05, 0.1) is 7.11 Å². The van der Waals surface area contributed by atoms with E-state index in [0.29, 0.717) is 35.4 Å². The third-order valence-electron chi connectivity index (χ3n) is 5.63. The molecule has 0 unspecified atom stereocenters. The highest BCUT2D eigenvalue weighted by atomic mass is 35.5. The second-order valence-electron chi connectivity index (χ2n) is 7.44. The summed E-state index contributed by atoms with van der Waals surface area (Å²) in [5.74, 6) is -0.148. The first-order chi connectivity index (χ1) is 14.5. The number of benzene rings is 2. The highest BCUT2D eigenvalue weighted by Gasteiger charge is 2.32. The minimum absolute atomic E-state index is 0.619. The summed E-state index contributed by atoms with van der Waals surface area (Å²) in [5, 5.41) is 12.2. The predicted octanol–water partition coefficient (Wildman–Crippen LogP) is 4.43. The highest BCUT2D eigenvalue weighted by Crippen LogP contribution is 2.32. The summed E-state index contributed by atoms with van der Waals surface area (Å²) >= 11 is 12.3. The molecule has 6 nitrogen and oxygen atoms in total. The van der Waals surface area contributed by atoms with Crippen LogP contribution in [0, 0.1) is 0 Å². The van der Waals surface area contributed by atoms with Gasteiger partial charge in [0.1, 0.15) is 11.8 Å². The second kappa shape index (κ2) is 8.86. The maximum absolute atomic E-state index is 12.2. The third-order valence-corrected chi connectivity index (χ3v) is 6.22. The molecular formula is C22H23Cl2N3O3. The van der Waals surface area contributed by atoms with Crippen LogP contribution in [0.5, 0.6) is 5.75 Å². The van der Waals surface area contributed by atoms with Gasteiger partial charge in [-0.25, -0.2) is 0 Å². The Labute approximate surface area is 184 Å². The van der Waals surface area contributed by atoms with Crippen LogP contribution in [0.4, 0.5) is 0 Å². The van der Waals surface area contributed by atoms with Crippen molar-refractivity contribution in [2.45, 2.75) is 12.6 Å².